The summed E-state index contributed by atoms with van der Waals surface area (Å²) in [5, 5.41) is 10.7. The molecule has 0 radical (unpaired) electrons. The Kier molecular flexibility index (Phi) is 5.94. The van der Waals surface area contributed by atoms with Gasteiger partial charge in [0.05, 0.1) is 5.69 Å². The summed E-state index contributed by atoms with van der Waals surface area (Å²) in [5.74, 6) is -0.470. The minimum Gasteiger partial charge on any atom is -0.493 e. The van der Waals surface area contributed by atoms with E-state index in [2.05, 4.69) is 9.98 Å². The van der Waals surface area contributed by atoms with E-state index < -0.39 is 17.1 Å². The van der Waals surface area contributed by atoms with Crippen LogP contribution in [0.3, 0.4) is 0 Å². The third kappa shape index (κ3) is 4.33. The summed E-state index contributed by atoms with van der Waals surface area (Å²) < 4.78 is 0.981. The van der Waals surface area contributed by atoms with Gasteiger partial charge in [0.25, 0.3) is 5.56 Å². The summed E-state index contributed by atoms with van der Waals surface area (Å²) in [4.78, 5) is 32.3. The molecule has 8 heteroatoms. The fraction of sp³-hybridized carbons (Fsp3) is 0.312. The van der Waals surface area contributed by atoms with Crippen molar-refractivity contribution in [2.75, 3.05) is 27.2 Å². The lowest BCUT2D eigenvalue weighted by Gasteiger charge is -2.10. The minimum absolute atomic E-state index is 0.0700. The Labute approximate surface area is 143 Å². The van der Waals surface area contributed by atoms with E-state index in [0.717, 1.165) is 17.5 Å². The molecule has 2 aromatic rings. The fourth-order valence-corrected chi connectivity index (χ4v) is 2.33. The van der Waals surface area contributed by atoms with Gasteiger partial charge in [-0.2, -0.15) is 0 Å². The molecule has 7 nitrogen and oxygen atoms in total. The molecule has 2 rings (SSSR count). The fourth-order valence-electron chi connectivity index (χ4n) is 2.14. The van der Waals surface area contributed by atoms with Crippen molar-refractivity contribution >= 4 is 17.8 Å². The number of rotatable bonds is 6. The summed E-state index contributed by atoms with van der Waals surface area (Å²) >= 11 is 5.92. The topological polar surface area (TPSA) is 90.7 Å². The molecule has 0 saturated carbocycles. The summed E-state index contributed by atoms with van der Waals surface area (Å²) in [6.45, 7) is 1.37. The van der Waals surface area contributed by atoms with Crippen LogP contribution in [-0.2, 0) is 0 Å². The summed E-state index contributed by atoms with van der Waals surface area (Å²) in [5.41, 5.74) is -1.15. The number of aromatic amines is 1. The van der Waals surface area contributed by atoms with Gasteiger partial charge in [0.1, 0.15) is 5.56 Å². The number of hydrogen-bond acceptors (Lipinski definition) is 5. The van der Waals surface area contributed by atoms with Crippen molar-refractivity contribution < 1.29 is 5.11 Å². The number of nitrogens with zero attached hydrogens (tertiary/aromatic N) is 3. The van der Waals surface area contributed by atoms with Crippen LogP contribution in [0, 0.1) is 0 Å². The molecule has 0 spiro atoms. The van der Waals surface area contributed by atoms with E-state index in [4.69, 9.17) is 11.6 Å². The molecule has 0 bridgehead atoms. The molecule has 1 heterocycles. The lowest BCUT2D eigenvalue weighted by atomic mass is 10.3. The maximum Gasteiger partial charge on any atom is 0.335 e. The first-order chi connectivity index (χ1) is 11.4. The van der Waals surface area contributed by atoms with Crippen molar-refractivity contribution in [1.29, 1.82) is 0 Å². The number of benzene rings is 1. The normalized spacial score (nSPS) is 11.5. The molecule has 0 aliphatic rings. The van der Waals surface area contributed by atoms with Crippen LogP contribution >= 0.6 is 11.6 Å². The predicted octanol–water partition coefficient (Wildman–Crippen LogP) is 1.26. The van der Waals surface area contributed by atoms with Crippen LogP contribution < -0.4 is 11.2 Å². The Balaban J connectivity index is 2.37. The Morgan fingerprint density at radius 1 is 1.38 bits per heavy atom. The second-order valence-electron chi connectivity index (χ2n) is 5.50. The molecule has 0 amide bonds. The third-order valence-electron chi connectivity index (χ3n) is 3.30. The van der Waals surface area contributed by atoms with Crippen molar-refractivity contribution in [3.63, 3.8) is 0 Å². The molecule has 0 atom stereocenters. The van der Waals surface area contributed by atoms with Crippen molar-refractivity contribution in [2.45, 2.75) is 6.42 Å². The standard InChI is InChI=1S/C16H19ClN4O3/c1-20(2)8-4-7-18-10-13-14(22)19-16(24)21(15(13)23)12-6-3-5-11(17)9-12/h3,5-6,9-10,23H,4,7-8H2,1-2H3,(H,19,22,24). The Bertz CT molecular complexity index is 855. The van der Waals surface area contributed by atoms with Gasteiger partial charge in [-0.3, -0.25) is 14.8 Å². The van der Waals surface area contributed by atoms with Gasteiger partial charge in [-0.25, -0.2) is 9.36 Å². The molecule has 128 valence electrons. The molecule has 0 fully saturated rings. The van der Waals surface area contributed by atoms with Crippen LogP contribution in [0.25, 0.3) is 5.69 Å². The van der Waals surface area contributed by atoms with Gasteiger partial charge in [-0.15, -0.1) is 0 Å². The molecular formula is C16H19ClN4O3. The number of H-pyrrole nitrogens is 1. The van der Waals surface area contributed by atoms with Gasteiger partial charge in [0.2, 0.25) is 5.88 Å². The Morgan fingerprint density at radius 3 is 2.79 bits per heavy atom. The first-order valence-corrected chi connectivity index (χ1v) is 7.76. The quantitative estimate of drug-likeness (QED) is 0.606. The highest BCUT2D eigenvalue weighted by Crippen LogP contribution is 2.18. The highest BCUT2D eigenvalue weighted by atomic mass is 35.5. The van der Waals surface area contributed by atoms with Crippen LogP contribution in [0.15, 0.2) is 38.8 Å². The number of aliphatic imine (C=N–C) groups is 1. The van der Waals surface area contributed by atoms with Crippen LogP contribution in [0.5, 0.6) is 5.88 Å². The van der Waals surface area contributed by atoms with E-state index in [-0.39, 0.29) is 5.56 Å². The molecule has 1 aromatic heterocycles. The molecule has 0 aliphatic heterocycles. The number of halogens is 1. The zero-order chi connectivity index (χ0) is 17.7. The van der Waals surface area contributed by atoms with E-state index >= 15 is 0 Å². The smallest absolute Gasteiger partial charge is 0.335 e. The highest BCUT2D eigenvalue weighted by molar-refractivity contribution is 6.30. The number of nitrogens with one attached hydrogen (secondary N) is 1. The minimum atomic E-state index is -0.746. The Hall–Kier alpha value is -2.38. The largest absolute Gasteiger partial charge is 0.493 e. The molecule has 24 heavy (non-hydrogen) atoms. The second-order valence-corrected chi connectivity index (χ2v) is 5.94. The average molecular weight is 351 g/mol. The maximum absolute atomic E-state index is 12.0. The first kappa shape index (κ1) is 18.0. The van der Waals surface area contributed by atoms with E-state index in [1.807, 2.05) is 19.0 Å². The number of aromatic nitrogens is 2. The molecule has 0 saturated heterocycles. The summed E-state index contributed by atoms with van der Waals surface area (Å²) in [6, 6.07) is 6.40. The SMILES string of the molecule is CN(C)CCCN=Cc1c(O)n(-c2cccc(Cl)c2)c(=O)[nH]c1=O. The number of aromatic hydroxyl groups is 1. The van der Waals surface area contributed by atoms with Gasteiger partial charge in [0.15, 0.2) is 0 Å². The molecular weight excluding hydrogens is 332 g/mol. The predicted molar refractivity (Wildman–Crippen MR) is 95.0 cm³/mol. The lowest BCUT2D eigenvalue weighted by molar-refractivity contribution is 0.403. The Morgan fingerprint density at radius 2 is 2.12 bits per heavy atom. The van der Waals surface area contributed by atoms with Crippen molar-refractivity contribution in [3.05, 3.63) is 55.7 Å². The molecule has 2 N–H and O–H groups in total. The van der Waals surface area contributed by atoms with Crippen molar-refractivity contribution in [3.8, 4) is 11.6 Å². The van der Waals surface area contributed by atoms with Gasteiger partial charge in [-0.05, 0) is 45.3 Å². The van der Waals surface area contributed by atoms with Gasteiger partial charge < -0.3 is 10.0 Å². The zero-order valence-electron chi connectivity index (χ0n) is 13.5. The average Bonchev–Trinajstić information content (AvgIpc) is 2.49. The van der Waals surface area contributed by atoms with Gasteiger partial charge >= 0.3 is 5.69 Å². The monoisotopic (exact) mass is 350 g/mol. The van der Waals surface area contributed by atoms with E-state index in [1.54, 1.807) is 18.2 Å². The van der Waals surface area contributed by atoms with Gasteiger partial charge in [-0.1, -0.05) is 17.7 Å². The van der Waals surface area contributed by atoms with E-state index in [9.17, 15) is 14.7 Å². The third-order valence-corrected chi connectivity index (χ3v) is 3.54. The maximum atomic E-state index is 12.0. The van der Waals surface area contributed by atoms with Crippen LogP contribution in [0.1, 0.15) is 12.0 Å². The first-order valence-electron chi connectivity index (χ1n) is 7.39. The lowest BCUT2D eigenvalue weighted by Crippen LogP contribution is -2.31. The number of hydrogen-bond donors (Lipinski definition) is 2. The molecule has 0 unspecified atom stereocenters. The van der Waals surface area contributed by atoms with Crippen LogP contribution in [0.4, 0.5) is 0 Å². The molecule has 0 aliphatic carbocycles. The van der Waals surface area contributed by atoms with Crippen LogP contribution in [-0.4, -0.2) is 53.0 Å². The van der Waals surface area contributed by atoms with Crippen molar-refractivity contribution in [2.24, 2.45) is 4.99 Å². The highest BCUT2D eigenvalue weighted by Gasteiger charge is 2.14. The van der Waals surface area contributed by atoms with Crippen LogP contribution in [0.2, 0.25) is 5.02 Å². The molecule has 1 aromatic carbocycles. The summed E-state index contributed by atoms with van der Waals surface area (Å²) in [6.07, 6.45) is 2.10. The zero-order valence-corrected chi connectivity index (χ0v) is 14.2. The van der Waals surface area contributed by atoms with E-state index in [0.29, 0.717) is 17.3 Å². The summed E-state index contributed by atoms with van der Waals surface area (Å²) in [7, 11) is 3.92. The van der Waals surface area contributed by atoms with E-state index in [1.165, 1.54) is 12.3 Å². The van der Waals surface area contributed by atoms with Crippen molar-refractivity contribution in [1.82, 2.24) is 14.5 Å². The second kappa shape index (κ2) is 7.94. The van der Waals surface area contributed by atoms with Gasteiger partial charge in [0, 0.05) is 17.8 Å².